The zero-order valence-corrected chi connectivity index (χ0v) is 20.3. The highest BCUT2D eigenvalue weighted by atomic mass is 16.5. The Bertz CT molecular complexity index is 1190. The molecule has 35 heavy (non-hydrogen) atoms. The van der Waals surface area contributed by atoms with Crippen molar-refractivity contribution in [1.29, 1.82) is 0 Å². The summed E-state index contributed by atoms with van der Waals surface area (Å²) in [5, 5.41) is 13.7. The number of nitrogens with zero attached hydrogens (tertiary/aromatic N) is 1. The molecule has 1 atom stereocenters. The Balaban J connectivity index is 1.59. The lowest BCUT2D eigenvalue weighted by Gasteiger charge is -2.15. The number of aliphatic carboxylic acids is 1. The third kappa shape index (κ3) is 6.50. The van der Waals surface area contributed by atoms with Crippen molar-refractivity contribution in [1.82, 2.24) is 10.3 Å². The minimum Gasteiger partial charge on any atom is -0.497 e. The number of carboxylic acid groups (broad SMARTS) is 1. The van der Waals surface area contributed by atoms with E-state index in [-0.39, 0.29) is 24.8 Å². The third-order valence-electron chi connectivity index (χ3n) is 6.50. The second-order valence-electron chi connectivity index (χ2n) is 9.38. The van der Waals surface area contributed by atoms with Crippen LogP contribution in [0.4, 0.5) is 0 Å². The van der Waals surface area contributed by atoms with Gasteiger partial charge in [-0.1, -0.05) is 38.7 Å². The largest absolute Gasteiger partial charge is 0.497 e. The fourth-order valence-corrected chi connectivity index (χ4v) is 4.63. The van der Waals surface area contributed by atoms with Crippen molar-refractivity contribution in [2.75, 3.05) is 13.7 Å². The van der Waals surface area contributed by atoms with Crippen LogP contribution < -0.4 is 14.8 Å². The maximum atomic E-state index is 12.9. The smallest absolute Gasteiger partial charge is 0.303 e. The topological polar surface area (TPSA) is 97.8 Å². The van der Waals surface area contributed by atoms with E-state index in [1.165, 1.54) is 25.7 Å². The molecule has 7 heteroatoms. The van der Waals surface area contributed by atoms with Crippen LogP contribution in [-0.2, 0) is 11.2 Å². The molecule has 1 fully saturated rings. The molecule has 1 aliphatic rings. The first kappa shape index (κ1) is 24.5. The predicted octanol–water partition coefficient (Wildman–Crippen LogP) is 5.61. The predicted molar refractivity (Wildman–Crippen MR) is 134 cm³/mol. The summed E-state index contributed by atoms with van der Waals surface area (Å²) in [5.74, 6) is 1.43. The van der Waals surface area contributed by atoms with Gasteiger partial charge in [0.25, 0.3) is 5.91 Å². The number of ether oxygens (including phenoxy) is 2. The Labute approximate surface area is 205 Å². The summed E-state index contributed by atoms with van der Waals surface area (Å²) >= 11 is 0. The molecule has 1 saturated carbocycles. The van der Waals surface area contributed by atoms with Crippen molar-refractivity contribution >= 4 is 22.6 Å². The minimum atomic E-state index is -0.873. The monoisotopic (exact) mass is 476 g/mol. The fraction of sp³-hybridized carbons (Fsp3) is 0.393. The van der Waals surface area contributed by atoms with E-state index in [1.807, 2.05) is 42.5 Å². The Kier molecular flexibility index (Phi) is 7.85. The molecular weight excluding hydrogens is 444 g/mol. The first-order chi connectivity index (χ1) is 16.9. The highest BCUT2D eigenvalue weighted by Gasteiger charge is 2.20. The molecule has 1 unspecified atom stereocenters. The van der Waals surface area contributed by atoms with Crippen LogP contribution in [0.5, 0.6) is 17.2 Å². The quantitative estimate of drug-likeness (QED) is 0.395. The lowest BCUT2D eigenvalue weighted by Crippen LogP contribution is -2.30. The van der Waals surface area contributed by atoms with Crippen LogP contribution in [0.15, 0.2) is 48.5 Å². The second kappa shape index (κ2) is 11.2. The third-order valence-corrected chi connectivity index (χ3v) is 6.50. The number of fused-ring (bicyclic) bond motifs is 1. The number of nitrogens with one attached hydrogen (secondary N) is 1. The number of hydrogen-bond donors (Lipinski definition) is 2. The molecule has 0 bridgehead atoms. The van der Waals surface area contributed by atoms with Gasteiger partial charge >= 0.3 is 5.97 Å². The van der Waals surface area contributed by atoms with Gasteiger partial charge in [-0.2, -0.15) is 0 Å². The molecule has 2 aromatic carbocycles. The number of hydrogen-bond acceptors (Lipinski definition) is 5. The van der Waals surface area contributed by atoms with Crippen molar-refractivity contribution < 1.29 is 24.2 Å². The zero-order valence-electron chi connectivity index (χ0n) is 20.3. The van der Waals surface area contributed by atoms with Gasteiger partial charge in [0.2, 0.25) is 0 Å². The number of aromatic nitrogens is 1. The van der Waals surface area contributed by atoms with Crippen LogP contribution in [0.1, 0.15) is 55.2 Å². The number of rotatable bonds is 10. The van der Waals surface area contributed by atoms with Gasteiger partial charge in [-0.05, 0) is 66.1 Å². The van der Waals surface area contributed by atoms with E-state index in [2.05, 4.69) is 5.32 Å². The lowest BCUT2D eigenvalue weighted by molar-refractivity contribution is -0.137. The molecule has 1 heterocycles. The number of carbonyl (C=O) groups is 2. The van der Waals surface area contributed by atoms with Crippen LogP contribution in [0.25, 0.3) is 10.8 Å². The molecule has 3 aromatic rings. The summed E-state index contributed by atoms with van der Waals surface area (Å²) in [5.41, 5.74) is 1.26. The van der Waals surface area contributed by atoms with E-state index in [0.29, 0.717) is 23.1 Å². The van der Waals surface area contributed by atoms with Gasteiger partial charge < -0.3 is 19.9 Å². The van der Waals surface area contributed by atoms with E-state index < -0.39 is 5.97 Å². The number of pyridine rings is 1. The van der Waals surface area contributed by atoms with E-state index in [0.717, 1.165) is 28.6 Å². The van der Waals surface area contributed by atoms with Crippen LogP contribution in [0.3, 0.4) is 0 Å². The summed E-state index contributed by atoms with van der Waals surface area (Å²) in [6.07, 6.45) is 5.64. The second-order valence-corrected chi connectivity index (χ2v) is 9.38. The number of methoxy groups -OCH3 is 1. The van der Waals surface area contributed by atoms with Crippen molar-refractivity contribution in [2.24, 2.45) is 11.8 Å². The molecule has 0 spiro atoms. The van der Waals surface area contributed by atoms with Gasteiger partial charge in [0.1, 0.15) is 22.9 Å². The molecule has 1 aliphatic carbocycles. The summed E-state index contributed by atoms with van der Waals surface area (Å²) in [6, 6.07) is 15.1. The van der Waals surface area contributed by atoms with Gasteiger partial charge in [-0.15, -0.1) is 0 Å². The molecule has 0 aliphatic heterocycles. The Morgan fingerprint density at radius 3 is 2.43 bits per heavy atom. The minimum absolute atomic E-state index is 0.00926. The molecule has 1 aromatic heterocycles. The zero-order chi connectivity index (χ0) is 24.8. The molecule has 2 N–H and O–H groups in total. The fourth-order valence-electron chi connectivity index (χ4n) is 4.63. The van der Waals surface area contributed by atoms with E-state index in [1.54, 1.807) is 20.1 Å². The van der Waals surface area contributed by atoms with E-state index in [9.17, 15) is 9.59 Å². The summed E-state index contributed by atoms with van der Waals surface area (Å²) in [4.78, 5) is 28.6. The van der Waals surface area contributed by atoms with Gasteiger partial charge in [0.15, 0.2) is 0 Å². The summed E-state index contributed by atoms with van der Waals surface area (Å²) in [6.45, 7) is 2.09. The van der Waals surface area contributed by atoms with Crippen molar-refractivity contribution in [3.8, 4) is 17.2 Å². The Morgan fingerprint density at radius 1 is 1.06 bits per heavy atom. The maximum absolute atomic E-state index is 12.9. The van der Waals surface area contributed by atoms with Crippen molar-refractivity contribution in [2.45, 2.75) is 45.4 Å². The number of carbonyl (C=O) groups excluding carboxylic acids is 1. The molecular formula is C28H32N2O5. The van der Waals surface area contributed by atoms with Crippen molar-refractivity contribution in [3.63, 3.8) is 0 Å². The average Bonchev–Trinajstić information content (AvgIpc) is 3.36. The average molecular weight is 477 g/mol. The highest BCUT2D eigenvalue weighted by molar-refractivity contribution is 5.97. The number of amides is 1. The highest BCUT2D eigenvalue weighted by Crippen LogP contribution is 2.33. The van der Waals surface area contributed by atoms with Crippen LogP contribution in [0, 0.1) is 11.8 Å². The molecule has 184 valence electrons. The van der Waals surface area contributed by atoms with Crippen LogP contribution in [0.2, 0.25) is 0 Å². The molecule has 4 rings (SSSR count). The Morgan fingerprint density at radius 2 is 1.74 bits per heavy atom. The van der Waals surface area contributed by atoms with Gasteiger partial charge in [-0.3, -0.25) is 9.59 Å². The summed E-state index contributed by atoms with van der Waals surface area (Å²) < 4.78 is 11.3. The van der Waals surface area contributed by atoms with Gasteiger partial charge in [-0.25, -0.2) is 4.98 Å². The van der Waals surface area contributed by atoms with E-state index in [4.69, 9.17) is 19.6 Å². The number of carboxylic acids is 1. The molecule has 1 amide bonds. The lowest BCUT2D eigenvalue weighted by atomic mass is 9.97. The van der Waals surface area contributed by atoms with Crippen molar-refractivity contribution in [3.05, 3.63) is 59.9 Å². The molecule has 7 nitrogen and oxygen atoms in total. The standard InChI is InChI=1S/C28H32N2O5/c1-18(13-27(31)32)17-29-28(33)26-15-20-7-8-23(35-22-11-9-21(34-2)10-12-22)16-24(20)25(30-26)14-19-5-3-4-6-19/h7-12,15-16,18-19H,3-6,13-14,17H2,1-2H3,(H,29,33)(H,31,32). The first-order valence-corrected chi connectivity index (χ1v) is 12.2. The first-order valence-electron chi connectivity index (χ1n) is 12.2. The van der Waals surface area contributed by atoms with Gasteiger partial charge in [0, 0.05) is 24.0 Å². The SMILES string of the molecule is COc1ccc(Oc2ccc3cc(C(=O)NCC(C)CC(=O)O)nc(CC4CCCC4)c3c2)cc1. The van der Waals surface area contributed by atoms with E-state index >= 15 is 0 Å². The molecule has 0 radical (unpaired) electrons. The Hall–Kier alpha value is -3.61. The summed E-state index contributed by atoms with van der Waals surface area (Å²) in [7, 11) is 1.63. The van der Waals surface area contributed by atoms with Gasteiger partial charge in [0.05, 0.1) is 7.11 Å². The number of benzene rings is 2. The van der Waals surface area contributed by atoms with Crippen LogP contribution in [-0.4, -0.2) is 35.6 Å². The normalized spacial score (nSPS) is 14.6. The molecule has 0 saturated heterocycles. The maximum Gasteiger partial charge on any atom is 0.303 e. The van der Waals surface area contributed by atoms with Crippen LogP contribution >= 0.6 is 0 Å².